The van der Waals surface area contributed by atoms with Crippen molar-refractivity contribution in [3.63, 3.8) is 0 Å². The molecule has 1 aliphatic carbocycles. The molecule has 1 saturated carbocycles. The molecule has 1 atom stereocenters. The number of halogens is 2. The molecular formula is C15H9F2NO4. The molecular weight excluding hydrogens is 296 g/mol. The number of carbonyl (C=O) groups excluding carboxylic acids is 2. The van der Waals surface area contributed by atoms with E-state index in [1.165, 1.54) is 0 Å². The van der Waals surface area contributed by atoms with E-state index >= 15 is 0 Å². The molecule has 0 spiro atoms. The van der Waals surface area contributed by atoms with Crippen LogP contribution in [0, 0.1) is 24.0 Å². The van der Waals surface area contributed by atoms with E-state index in [4.69, 9.17) is 6.42 Å². The summed E-state index contributed by atoms with van der Waals surface area (Å²) in [5.74, 6) is -4.60. The molecule has 2 aliphatic rings. The number of Topliss-reactive ketones (excluding diaryl/α,β-unsaturated/α-hetero) is 2. The summed E-state index contributed by atoms with van der Waals surface area (Å²) in [4.78, 5) is 36.6. The fourth-order valence-electron chi connectivity index (χ4n) is 2.68. The Labute approximate surface area is 123 Å². The first kappa shape index (κ1) is 14.2. The average Bonchev–Trinajstić information content (AvgIpc) is 3.29. The lowest BCUT2D eigenvalue weighted by Crippen LogP contribution is -2.54. The molecule has 1 fully saturated rings. The Morgan fingerprint density at radius 1 is 1.36 bits per heavy atom. The molecule has 1 heterocycles. The lowest BCUT2D eigenvalue weighted by atomic mass is 9.90. The maximum Gasteiger partial charge on any atom is 0.334 e. The number of nitrogens with zero attached hydrogens (tertiary/aromatic N) is 1. The predicted molar refractivity (Wildman–Crippen MR) is 70.6 cm³/mol. The summed E-state index contributed by atoms with van der Waals surface area (Å²) in [5, 5.41) is 9.25. The van der Waals surface area contributed by atoms with Gasteiger partial charge >= 0.3 is 5.97 Å². The van der Waals surface area contributed by atoms with Crippen LogP contribution in [0.4, 0.5) is 14.5 Å². The maximum atomic E-state index is 13.9. The van der Waals surface area contributed by atoms with E-state index < -0.39 is 40.8 Å². The van der Waals surface area contributed by atoms with E-state index in [-0.39, 0.29) is 17.3 Å². The molecule has 1 aromatic carbocycles. The minimum atomic E-state index is -1.76. The second-order valence-corrected chi connectivity index (χ2v) is 5.16. The number of anilines is 1. The molecule has 0 bridgehead atoms. The molecule has 1 unspecified atom stereocenters. The molecule has 5 nitrogen and oxygen atoms in total. The maximum absolute atomic E-state index is 13.9. The van der Waals surface area contributed by atoms with Crippen LogP contribution >= 0.6 is 0 Å². The van der Waals surface area contributed by atoms with Crippen LogP contribution in [0.15, 0.2) is 6.07 Å². The highest BCUT2D eigenvalue weighted by Gasteiger charge is 2.50. The molecule has 0 saturated heterocycles. The molecule has 112 valence electrons. The highest BCUT2D eigenvalue weighted by Crippen LogP contribution is 2.42. The number of rotatable bonds is 2. The van der Waals surface area contributed by atoms with Gasteiger partial charge in [0.25, 0.3) is 0 Å². The number of hydrogen-bond donors (Lipinski definition) is 1. The van der Waals surface area contributed by atoms with Crippen molar-refractivity contribution >= 4 is 23.2 Å². The van der Waals surface area contributed by atoms with E-state index in [2.05, 4.69) is 0 Å². The Morgan fingerprint density at radius 3 is 2.50 bits per heavy atom. The smallest absolute Gasteiger partial charge is 0.334 e. The number of carbonyl (C=O) groups is 3. The molecule has 1 N–H and O–H groups in total. The normalized spacial score (nSPS) is 20.6. The van der Waals surface area contributed by atoms with Gasteiger partial charge < -0.3 is 10.0 Å². The van der Waals surface area contributed by atoms with E-state index in [1.807, 2.05) is 5.92 Å². The Kier molecular flexibility index (Phi) is 2.99. The molecule has 3 rings (SSSR count). The van der Waals surface area contributed by atoms with Gasteiger partial charge in [-0.15, -0.1) is 6.42 Å². The van der Waals surface area contributed by atoms with Crippen LogP contribution in [-0.4, -0.2) is 34.7 Å². The van der Waals surface area contributed by atoms with E-state index in [9.17, 15) is 28.3 Å². The number of fused-ring (bicyclic) bond motifs is 1. The summed E-state index contributed by atoms with van der Waals surface area (Å²) in [5.41, 5.74) is -1.10. The van der Waals surface area contributed by atoms with Crippen LogP contribution in [0.5, 0.6) is 0 Å². The van der Waals surface area contributed by atoms with E-state index in [1.54, 1.807) is 0 Å². The summed E-state index contributed by atoms with van der Waals surface area (Å²) < 4.78 is 27.5. The van der Waals surface area contributed by atoms with Crippen LogP contribution in [0.1, 0.15) is 28.8 Å². The molecule has 0 amide bonds. The Bertz CT molecular complexity index is 777. The fourth-order valence-corrected chi connectivity index (χ4v) is 2.68. The van der Waals surface area contributed by atoms with Gasteiger partial charge in [-0.2, -0.15) is 0 Å². The summed E-state index contributed by atoms with van der Waals surface area (Å²) in [7, 11) is 0. The van der Waals surface area contributed by atoms with Crippen molar-refractivity contribution in [3.05, 3.63) is 28.8 Å². The summed E-state index contributed by atoms with van der Waals surface area (Å²) in [6.07, 6.45) is 6.36. The second kappa shape index (κ2) is 4.63. The van der Waals surface area contributed by atoms with Gasteiger partial charge in [0.2, 0.25) is 11.6 Å². The van der Waals surface area contributed by atoms with Crippen molar-refractivity contribution < 1.29 is 28.3 Å². The SMILES string of the molecule is C#Cc1c(F)c(F)cc2c1N(C1CC1)C(C(=O)O)C(=O)C2=O. The van der Waals surface area contributed by atoms with Crippen molar-refractivity contribution in [2.24, 2.45) is 0 Å². The highest BCUT2D eigenvalue weighted by molar-refractivity contribution is 6.51. The van der Waals surface area contributed by atoms with E-state index in [0.29, 0.717) is 18.9 Å². The largest absolute Gasteiger partial charge is 0.479 e. The standard InChI is InChI=1S/C15H9F2NO4/c1-2-7-10(17)9(16)5-8-11(7)18(6-3-4-6)12(15(21)22)14(20)13(8)19/h1,5-6,12H,3-4H2,(H,21,22). The zero-order chi connectivity index (χ0) is 16.2. The van der Waals surface area contributed by atoms with Crippen LogP contribution < -0.4 is 4.90 Å². The Morgan fingerprint density at radius 2 is 2.00 bits per heavy atom. The quantitative estimate of drug-likeness (QED) is 0.504. The van der Waals surface area contributed by atoms with Crippen molar-refractivity contribution in [2.75, 3.05) is 4.90 Å². The van der Waals surface area contributed by atoms with Gasteiger partial charge in [-0.1, -0.05) is 5.92 Å². The number of hydrogen-bond acceptors (Lipinski definition) is 4. The molecule has 1 aliphatic heterocycles. The van der Waals surface area contributed by atoms with Gasteiger partial charge in [0.05, 0.1) is 16.8 Å². The third-order valence-electron chi connectivity index (χ3n) is 3.76. The minimum absolute atomic E-state index is 0.180. The number of carboxylic acid groups (broad SMARTS) is 1. The van der Waals surface area contributed by atoms with Gasteiger partial charge in [0.1, 0.15) is 0 Å². The van der Waals surface area contributed by atoms with Gasteiger partial charge in [-0.3, -0.25) is 9.59 Å². The number of ketones is 2. The Hall–Kier alpha value is -2.75. The van der Waals surface area contributed by atoms with Crippen molar-refractivity contribution in [3.8, 4) is 12.3 Å². The summed E-state index contributed by atoms with van der Waals surface area (Å²) >= 11 is 0. The van der Waals surface area contributed by atoms with Gasteiger partial charge in [0, 0.05) is 6.04 Å². The summed E-state index contributed by atoms with van der Waals surface area (Å²) in [6.45, 7) is 0. The number of benzene rings is 1. The first-order valence-corrected chi connectivity index (χ1v) is 6.46. The fraction of sp³-hybridized carbons (Fsp3) is 0.267. The third-order valence-corrected chi connectivity index (χ3v) is 3.76. The predicted octanol–water partition coefficient (Wildman–Crippen LogP) is 1.13. The summed E-state index contributed by atoms with van der Waals surface area (Å²) in [6, 6.07) is -1.50. The van der Waals surface area contributed by atoms with Crippen molar-refractivity contribution in [1.29, 1.82) is 0 Å². The van der Waals surface area contributed by atoms with Crippen molar-refractivity contribution in [1.82, 2.24) is 0 Å². The average molecular weight is 305 g/mol. The number of carboxylic acids is 1. The third kappa shape index (κ3) is 1.80. The van der Waals surface area contributed by atoms with Crippen LogP contribution in [0.3, 0.4) is 0 Å². The topological polar surface area (TPSA) is 74.7 Å². The highest BCUT2D eigenvalue weighted by atomic mass is 19.2. The van der Waals surface area contributed by atoms with Gasteiger partial charge in [-0.25, -0.2) is 13.6 Å². The van der Waals surface area contributed by atoms with Gasteiger partial charge in [-0.05, 0) is 18.9 Å². The monoisotopic (exact) mass is 305 g/mol. The lowest BCUT2D eigenvalue weighted by molar-refractivity contribution is -0.141. The first-order valence-electron chi connectivity index (χ1n) is 6.46. The minimum Gasteiger partial charge on any atom is -0.479 e. The lowest BCUT2D eigenvalue weighted by Gasteiger charge is -2.35. The zero-order valence-electron chi connectivity index (χ0n) is 11.1. The number of terminal acetylenes is 1. The van der Waals surface area contributed by atoms with Crippen LogP contribution in [-0.2, 0) is 9.59 Å². The Balaban J connectivity index is 2.35. The molecule has 1 aromatic rings. The van der Waals surface area contributed by atoms with Crippen molar-refractivity contribution in [2.45, 2.75) is 24.9 Å². The first-order chi connectivity index (χ1) is 10.4. The van der Waals surface area contributed by atoms with Gasteiger partial charge in [0.15, 0.2) is 17.7 Å². The second-order valence-electron chi connectivity index (χ2n) is 5.16. The van der Waals surface area contributed by atoms with Crippen LogP contribution in [0.2, 0.25) is 0 Å². The van der Waals surface area contributed by atoms with Crippen LogP contribution in [0.25, 0.3) is 0 Å². The van der Waals surface area contributed by atoms with E-state index in [0.717, 1.165) is 4.90 Å². The molecule has 0 aromatic heterocycles. The zero-order valence-corrected chi connectivity index (χ0v) is 11.1. The molecule has 7 heteroatoms. The molecule has 0 radical (unpaired) electrons. The number of aliphatic carboxylic acids is 1. The molecule has 22 heavy (non-hydrogen) atoms.